The molecule has 0 spiro atoms. The van der Waals surface area contributed by atoms with E-state index < -0.39 is 0 Å². The molecule has 0 aliphatic rings. The van der Waals surface area contributed by atoms with Crippen LogP contribution in [0, 0.1) is 0 Å². The standard InChI is InChI=1S/C13H14O2/c1-15-13-7-3-5-11-10(8-9-14)4-2-6-12(11)13/h2-7,14H,8-9H2,1H3. The van der Waals surface area contributed by atoms with Crippen molar-refractivity contribution in [2.45, 2.75) is 6.42 Å². The molecule has 0 atom stereocenters. The van der Waals surface area contributed by atoms with Crippen molar-refractivity contribution in [3.8, 4) is 5.75 Å². The molecule has 2 nitrogen and oxygen atoms in total. The minimum Gasteiger partial charge on any atom is -0.496 e. The molecular formula is C13H14O2. The minimum absolute atomic E-state index is 0.177. The third-order valence-electron chi connectivity index (χ3n) is 2.57. The number of aliphatic hydroxyl groups excluding tert-OH is 1. The van der Waals surface area contributed by atoms with Gasteiger partial charge in [-0.2, -0.15) is 0 Å². The predicted octanol–water partition coefficient (Wildman–Crippen LogP) is 2.38. The van der Waals surface area contributed by atoms with Crippen LogP contribution < -0.4 is 4.74 Å². The summed E-state index contributed by atoms with van der Waals surface area (Å²) in [5.74, 6) is 0.882. The quantitative estimate of drug-likeness (QED) is 0.828. The predicted molar refractivity (Wildman–Crippen MR) is 61.3 cm³/mol. The summed E-state index contributed by atoms with van der Waals surface area (Å²) in [4.78, 5) is 0. The Bertz CT molecular complexity index is 463. The van der Waals surface area contributed by atoms with Crippen LogP contribution in [0.25, 0.3) is 10.8 Å². The van der Waals surface area contributed by atoms with Crippen LogP contribution in [0.15, 0.2) is 36.4 Å². The summed E-state index contributed by atoms with van der Waals surface area (Å²) in [7, 11) is 1.67. The average molecular weight is 202 g/mol. The number of methoxy groups -OCH3 is 1. The highest BCUT2D eigenvalue weighted by atomic mass is 16.5. The number of hydrogen-bond acceptors (Lipinski definition) is 2. The van der Waals surface area contributed by atoms with Crippen LogP contribution >= 0.6 is 0 Å². The van der Waals surface area contributed by atoms with Gasteiger partial charge in [0.05, 0.1) is 7.11 Å². The first-order valence-corrected chi connectivity index (χ1v) is 5.02. The van der Waals surface area contributed by atoms with E-state index in [1.54, 1.807) is 7.11 Å². The monoisotopic (exact) mass is 202 g/mol. The van der Waals surface area contributed by atoms with Gasteiger partial charge in [0.15, 0.2) is 0 Å². The van der Waals surface area contributed by atoms with Crippen LogP contribution in [-0.4, -0.2) is 18.8 Å². The Morgan fingerprint density at radius 3 is 2.53 bits per heavy atom. The Morgan fingerprint density at radius 2 is 1.80 bits per heavy atom. The molecule has 0 unspecified atom stereocenters. The van der Waals surface area contributed by atoms with Crippen molar-refractivity contribution in [3.05, 3.63) is 42.0 Å². The molecule has 0 heterocycles. The number of rotatable bonds is 3. The Balaban J connectivity index is 2.65. The van der Waals surface area contributed by atoms with E-state index in [0.29, 0.717) is 6.42 Å². The van der Waals surface area contributed by atoms with Gasteiger partial charge in [-0.1, -0.05) is 30.3 Å². The van der Waals surface area contributed by atoms with Crippen LogP contribution in [-0.2, 0) is 6.42 Å². The van der Waals surface area contributed by atoms with Crippen molar-refractivity contribution in [2.24, 2.45) is 0 Å². The molecule has 2 aromatic carbocycles. The average Bonchev–Trinajstić information content (AvgIpc) is 2.29. The molecule has 2 rings (SSSR count). The van der Waals surface area contributed by atoms with Gasteiger partial charge < -0.3 is 9.84 Å². The van der Waals surface area contributed by atoms with E-state index in [4.69, 9.17) is 9.84 Å². The Morgan fingerprint density at radius 1 is 1.07 bits per heavy atom. The van der Waals surface area contributed by atoms with Gasteiger partial charge in [0.1, 0.15) is 5.75 Å². The first kappa shape index (κ1) is 9.99. The maximum absolute atomic E-state index is 8.97. The molecule has 2 aromatic rings. The van der Waals surface area contributed by atoms with Crippen LogP contribution in [0.2, 0.25) is 0 Å². The molecule has 0 aliphatic carbocycles. The Labute approximate surface area is 89.1 Å². The zero-order valence-electron chi connectivity index (χ0n) is 8.73. The lowest BCUT2D eigenvalue weighted by atomic mass is 10.0. The normalized spacial score (nSPS) is 10.5. The molecule has 78 valence electrons. The van der Waals surface area contributed by atoms with E-state index in [1.807, 2.05) is 30.3 Å². The lowest BCUT2D eigenvalue weighted by Crippen LogP contribution is -1.93. The first-order chi connectivity index (χ1) is 7.36. The third kappa shape index (κ3) is 1.81. The lowest BCUT2D eigenvalue weighted by molar-refractivity contribution is 0.300. The van der Waals surface area contributed by atoms with E-state index in [-0.39, 0.29) is 6.61 Å². The smallest absolute Gasteiger partial charge is 0.126 e. The summed E-state index contributed by atoms with van der Waals surface area (Å²) in [6.07, 6.45) is 0.685. The number of hydrogen-bond donors (Lipinski definition) is 1. The molecule has 1 N–H and O–H groups in total. The van der Waals surface area contributed by atoms with Crippen molar-refractivity contribution in [3.63, 3.8) is 0 Å². The molecule has 0 bridgehead atoms. The van der Waals surface area contributed by atoms with Crippen molar-refractivity contribution in [1.29, 1.82) is 0 Å². The van der Waals surface area contributed by atoms with Crippen molar-refractivity contribution in [2.75, 3.05) is 13.7 Å². The van der Waals surface area contributed by atoms with Crippen molar-refractivity contribution in [1.82, 2.24) is 0 Å². The van der Waals surface area contributed by atoms with Gasteiger partial charge in [-0.3, -0.25) is 0 Å². The summed E-state index contributed by atoms with van der Waals surface area (Å²) in [5.41, 5.74) is 1.16. The molecular weight excluding hydrogens is 188 g/mol. The van der Waals surface area contributed by atoms with Gasteiger partial charge in [-0.05, 0) is 23.4 Å². The molecule has 0 aromatic heterocycles. The van der Waals surface area contributed by atoms with Gasteiger partial charge in [-0.25, -0.2) is 0 Å². The summed E-state index contributed by atoms with van der Waals surface area (Å²) < 4.78 is 5.30. The minimum atomic E-state index is 0.177. The highest BCUT2D eigenvalue weighted by Crippen LogP contribution is 2.27. The third-order valence-corrected chi connectivity index (χ3v) is 2.57. The molecule has 0 amide bonds. The largest absolute Gasteiger partial charge is 0.496 e. The maximum Gasteiger partial charge on any atom is 0.126 e. The molecule has 0 radical (unpaired) electrons. The first-order valence-electron chi connectivity index (χ1n) is 5.02. The molecule has 0 saturated heterocycles. The van der Waals surface area contributed by atoms with E-state index in [9.17, 15) is 0 Å². The number of fused-ring (bicyclic) bond motifs is 1. The van der Waals surface area contributed by atoms with E-state index in [2.05, 4.69) is 6.07 Å². The fourth-order valence-corrected chi connectivity index (χ4v) is 1.86. The van der Waals surface area contributed by atoms with Gasteiger partial charge >= 0.3 is 0 Å². The summed E-state index contributed by atoms with van der Waals surface area (Å²) in [6.45, 7) is 0.177. The zero-order chi connectivity index (χ0) is 10.7. The van der Waals surface area contributed by atoms with Gasteiger partial charge in [0.2, 0.25) is 0 Å². The Hall–Kier alpha value is -1.54. The second-order valence-electron chi connectivity index (χ2n) is 3.45. The fraction of sp³-hybridized carbons (Fsp3) is 0.231. The van der Waals surface area contributed by atoms with Gasteiger partial charge in [0.25, 0.3) is 0 Å². The van der Waals surface area contributed by atoms with E-state index in [0.717, 1.165) is 22.1 Å². The van der Waals surface area contributed by atoms with E-state index >= 15 is 0 Å². The molecule has 0 aliphatic heterocycles. The highest BCUT2D eigenvalue weighted by Gasteiger charge is 2.03. The summed E-state index contributed by atoms with van der Waals surface area (Å²) in [6, 6.07) is 12.1. The van der Waals surface area contributed by atoms with Crippen LogP contribution in [0.4, 0.5) is 0 Å². The molecule has 2 heteroatoms. The van der Waals surface area contributed by atoms with E-state index in [1.165, 1.54) is 0 Å². The fourth-order valence-electron chi connectivity index (χ4n) is 1.86. The summed E-state index contributed by atoms with van der Waals surface area (Å²) in [5, 5.41) is 11.2. The Kier molecular flexibility index (Phi) is 2.88. The van der Waals surface area contributed by atoms with Gasteiger partial charge in [-0.15, -0.1) is 0 Å². The molecule has 0 saturated carbocycles. The van der Waals surface area contributed by atoms with Gasteiger partial charge in [0, 0.05) is 12.0 Å². The lowest BCUT2D eigenvalue weighted by Gasteiger charge is -2.08. The SMILES string of the molecule is COc1cccc2c(CCO)cccc12. The number of ether oxygens (including phenoxy) is 1. The highest BCUT2D eigenvalue weighted by molar-refractivity contribution is 5.90. The second-order valence-corrected chi connectivity index (χ2v) is 3.45. The van der Waals surface area contributed by atoms with Crippen LogP contribution in [0.5, 0.6) is 5.75 Å². The molecule has 15 heavy (non-hydrogen) atoms. The van der Waals surface area contributed by atoms with Crippen LogP contribution in [0.3, 0.4) is 0 Å². The maximum atomic E-state index is 8.97. The summed E-state index contributed by atoms with van der Waals surface area (Å²) >= 11 is 0. The number of aliphatic hydroxyl groups is 1. The molecule has 0 fully saturated rings. The van der Waals surface area contributed by atoms with Crippen molar-refractivity contribution < 1.29 is 9.84 Å². The second kappa shape index (κ2) is 4.32. The zero-order valence-corrected chi connectivity index (χ0v) is 8.73. The number of benzene rings is 2. The topological polar surface area (TPSA) is 29.5 Å². The van der Waals surface area contributed by atoms with Crippen LogP contribution in [0.1, 0.15) is 5.56 Å². The van der Waals surface area contributed by atoms with Crippen molar-refractivity contribution >= 4 is 10.8 Å².